The van der Waals surface area contributed by atoms with Crippen molar-refractivity contribution in [2.24, 2.45) is 0 Å². The van der Waals surface area contributed by atoms with Gasteiger partial charge in [0, 0.05) is 50.1 Å². The number of pyridine rings is 1. The Morgan fingerprint density at radius 3 is 1.73 bits per heavy atom. The van der Waals surface area contributed by atoms with Crippen LogP contribution in [0.25, 0.3) is 106 Å². The molecule has 0 N–H and O–H groups in total. The van der Waals surface area contributed by atoms with E-state index in [4.69, 9.17) is 19.4 Å². The fourth-order valence-electron chi connectivity index (χ4n) is 7.94. The molecule has 0 radical (unpaired) electrons. The standard InChI is InChI=1S/C50H31N5O/c1-2-11-32(12-3-1)35-13-8-14-36(29-35)49-52-48(34-25-23-33(24-26-34)39-19-10-22-45-47(39)42-27-28-51-31-46(42)56-45)53-50(54-49)37-15-9-16-38(30-37)55-43-20-6-4-17-40(43)41-18-5-7-21-44(41)55/h1-31H. The van der Waals surface area contributed by atoms with Crippen LogP contribution in [0.3, 0.4) is 0 Å². The van der Waals surface area contributed by atoms with E-state index in [0.29, 0.717) is 17.5 Å². The van der Waals surface area contributed by atoms with Crippen molar-refractivity contribution in [1.82, 2.24) is 24.5 Å². The molecule has 0 aliphatic heterocycles. The van der Waals surface area contributed by atoms with E-state index in [9.17, 15) is 0 Å². The lowest BCUT2D eigenvalue weighted by molar-refractivity contribution is 0.667. The largest absolute Gasteiger partial charge is 0.454 e. The number of hydrogen-bond donors (Lipinski definition) is 0. The lowest BCUT2D eigenvalue weighted by atomic mass is 9.98. The van der Waals surface area contributed by atoms with Gasteiger partial charge < -0.3 is 8.98 Å². The quantitative estimate of drug-likeness (QED) is 0.171. The molecule has 11 aromatic rings. The van der Waals surface area contributed by atoms with Gasteiger partial charge in [-0.3, -0.25) is 4.98 Å². The third-order valence-electron chi connectivity index (χ3n) is 10.6. The summed E-state index contributed by atoms with van der Waals surface area (Å²) in [6.07, 6.45) is 3.58. The highest BCUT2D eigenvalue weighted by Gasteiger charge is 2.17. The van der Waals surface area contributed by atoms with E-state index in [-0.39, 0.29) is 0 Å². The Morgan fingerprint density at radius 2 is 0.982 bits per heavy atom. The monoisotopic (exact) mass is 717 g/mol. The van der Waals surface area contributed by atoms with E-state index in [2.05, 4.69) is 161 Å². The van der Waals surface area contributed by atoms with Crippen molar-refractivity contribution in [2.45, 2.75) is 0 Å². The lowest BCUT2D eigenvalue weighted by Crippen LogP contribution is -2.01. The molecule has 0 fully saturated rings. The average Bonchev–Trinajstić information content (AvgIpc) is 3.83. The zero-order valence-corrected chi connectivity index (χ0v) is 30.0. The number of nitrogens with zero attached hydrogens (tertiary/aromatic N) is 5. The minimum absolute atomic E-state index is 0.599. The number of benzene rings is 7. The number of rotatable bonds is 6. The maximum atomic E-state index is 6.14. The van der Waals surface area contributed by atoms with Crippen LogP contribution in [0.1, 0.15) is 0 Å². The number of para-hydroxylation sites is 2. The second-order valence-corrected chi connectivity index (χ2v) is 13.9. The third kappa shape index (κ3) is 5.35. The van der Waals surface area contributed by atoms with Crippen LogP contribution in [-0.2, 0) is 0 Å². The molecule has 0 bridgehead atoms. The predicted octanol–water partition coefficient (Wildman–Crippen LogP) is 12.6. The van der Waals surface area contributed by atoms with Gasteiger partial charge in [-0.15, -0.1) is 0 Å². The minimum Gasteiger partial charge on any atom is -0.454 e. The Balaban J connectivity index is 1.06. The van der Waals surface area contributed by atoms with E-state index >= 15 is 0 Å². The van der Waals surface area contributed by atoms with E-state index in [1.807, 2.05) is 24.3 Å². The highest BCUT2D eigenvalue weighted by Crippen LogP contribution is 2.38. The molecule has 56 heavy (non-hydrogen) atoms. The van der Waals surface area contributed by atoms with Crippen molar-refractivity contribution in [3.63, 3.8) is 0 Å². The van der Waals surface area contributed by atoms with E-state index in [1.165, 1.54) is 10.8 Å². The second kappa shape index (κ2) is 13.0. The molecule has 6 heteroatoms. The molecular formula is C50H31N5O. The number of furan rings is 1. The molecule has 0 atom stereocenters. The molecule has 0 unspecified atom stereocenters. The Hall–Kier alpha value is -7.70. The molecule has 0 aliphatic carbocycles. The molecule has 262 valence electrons. The van der Waals surface area contributed by atoms with Gasteiger partial charge in [-0.25, -0.2) is 15.0 Å². The minimum atomic E-state index is 0.599. The molecule has 6 nitrogen and oxygen atoms in total. The molecule has 4 heterocycles. The number of fused-ring (bicyclic) bond motifs is 6. The molecule has 7 aromatic carbocycles. The molecule has 0 amide bonds. The van der Waals surface area contributed by atoms with Gasteiger partial charge in [-0.1, -0.05) is 133 Å². The van der Waals surface area contributed by atoms with Gasteiger partial charge in [-0.2, -0.15) is 0 Å². The van der Waals surface area contributed by atoms with Crippen LogP contribution in [0.4, 0.5) is 0 Å². The molecule has 11 rings (SSSR count). The predicted molar refractivity (Wildman–Crippen MR) is 226 cm³/mol. The van der Waals surface area contributed by atoms with Crippen LogP contribution in [0.15, 0.2) is 193 Å². The van der Waals surface area contributed by atoms with E-state index in [0.717, 1.165) is 77.6 Å². The van der Waals surface area contributed by atoms with Crippen molar-refractivity contribution in [3.05, 3.63) is 188 Å². The zero-order chi connectivity index (χ0) is 37.0. The average molecular weight is 718 g/mol. The normalized spacial score (nSPS) is 11.6. The van der Waals surface area contributed by atoms with Gasteiger partial charge in [0.1, 0.15) is 5.58 Å². The van der Waals surface area contributed by atoms with Crippen LogP contribution in [0.2, 0.25) is 0 Å². The summed E-state index contributed by atoms with van der Waals surface area (Å²) in [7, 11) is 0. The summed E-state index contributed by atoms with van der Waals surface area (Å²) >= 11 is 0. The first-order chi connectivity index (χ1) is 27.7. The summed E-state index contributed by atoms with van der Waals surface area (Å²) in [4.78, 5) is 19.7. The van der Waals surface area contributed by atoms with E-state index in [1.54, 1.807) is 12.4 Å². The summed E-state index contributed by atoms with van der Waals surface area (Å²) < 4.78 is 8.46. The highest BCUT2D eigenvalue weighted by atomic mass is 16.3. The maximum absolute atomic E-state index is 6.14. The summed E-state index contributed by atoms with van der Waals surface area (Å²) in [6, 6.07) is 61.0. The topological polar surface area (TPSA) is 69.6 Å². The lowest BCUT2D eigenvalue weighted by Gasteiger charge is -2.12. The Kier molecular flexibility index (Phi) is 7.38. The molecule has 0 aliphatic rings. The fourth-order valence-corrected chi connectivity index (χ4v) is 7.94. The van der Waals surface area contributed by atoms with Gasteiger partial charge in [0.05, 0.1) is 17.2 Å². The van der Waals surface area contributed by atoms with Gasteiger partial charge >= 0.3 is 0 Å². The Morgan fingerprint density at radius 1 is 0.393 bits per heavy atom. The number of hydrogen-bond acceptors (Lipinski definition) is 5. The summed E-state index contributed by atoms with van der Waals surface area (Å²) in [6.45, 7) is 0. The zero-order valence-electron chi connectivity index (χ0n) is 30.0. The van der Waals surface area contributed by atoms with Gasteiger partial charge in [0.25, 0.3) is 0 Å². The smallest absolute Gasteiger partial charge is 0.164 e. The molecule has 4 aromatic heterocycles. The van der Waals surface area contributed by atoms with E-state index < -0.39 is 0 Å². The third-order valence-corrected chi connectivity index (χ3v) is 10.6. The SMILES string of the molecule is c1ccc(-c2cccc(-c3nc(-c4ccc(-c5cccc6oc7cnccc7c56)cc4)nc(-c4cccc(-n5c6ccccc6c6ccccc65)c4)n3)c2)cc1. The van der Waals surface area contributed by atoms with Gasteiger partial charge in [0.2, 0.25) is 0 Å². The highest BCUT2D eigenvalue weighted by molar-refractivity contribution is 6.12. The van der Waals surface area contributed by atoms with Crippen molar-refractivity contribution in [1.29, 1.82) is 0 Å². The van der Waals surface area contributed by atoms with Gasteiger partial charge in [-0.05, 0) is 64.7 Å². The van der Waals surface area contributed by atoms with Crippen molar-refractivity contribution < 1.29 is 4.42 Å². The van der Waals surface area contributed by atoms with Crippen LogP contribution >= 0.6 is 0 Å². The first-order valence-electron chi connectivity index (χ1n) is 18.6. The Labute approximate surface area is 322 Å². The summed E-state index contributed by atoms with van der Waals surface area (Å²) in [5.41, 5.74) is 12.1. The van der Waals surface area contributed by atoms with Crippen molar-refractivity contribution in [2.75, 3.05) is 0 Å². The Bertz CT molecular complexity index is 3200. The molecular weight excluding hydrogens is 687 g/mol. The molecule has 0 spiro atoms. The summed E-state index contributed by atoms with van der Waals surface area (Å²) in [5.74, 6) is 1.81. The molecule has 0 saturated carbocycles. The number of aromatic nitrogens is 5. The summed E-state index contributed by atoms with van der Waals surface area (Å²) in [5, 5.41) is 4.55. The maximum Gasteiger partial charge on any atom is 0.164 e. The second-order valence-electron chi connectivity index (χ2n) is 13.9. The first-order valence-corrected chi connectivity index (χ1v) is 18.6. The van der Waals surface area contributed by atoms with Crippen molar-refractivity contribution in [3.8, 4) is 62.1 Å². The first kappa shape index (κ1) is 31.8. The van der Waals surface area contributed by atoms with Gasteiger partial charge in [0.15, 0.2) is 23.1 Å². The van der Waals surface area contributed by atoms with Crippen LogP contribution < -0.4 is 0 Å². The van der Waals surface area contributed by atoms with Crippen LogP contribution in [-0.4, -0.2) is 24.5 Å². The fraction of sp³-hybridized carbons (Fsp3) is 0. The molecule has 0 saturated heterocycles. The van der Waals surface area contributed by atoms with Crippen molar-refractivity contribution >= 4 is 43.7 Å². The van der Waals surface area contributed by atoms with Crippen LogP contribution in [0, 0.1) is 0 Å². The van der Waals surface area contributed by atoms with Crippen LogP contribution in [0.5, 0.6) is 0 Å².